The maximum Gasteiger partial charge on any atom is 0.0782 e. The Morgan fingerprint density at radius 1 is 0.815 bits per heavy atom. The van der Waals surface area contributed by atoms with E-state index >= 15 is 0 Å². The van der Waals surface area contributed by atoms with Crippen LogP contribution in [-0.4, -0.2) is 25.0 Å². The van der Waals surface area contributed by atoms with Crippen molar-refractivity contribution in [3.05, 3.63) is 70.8 Å². The Balaban J connectivity index is 1.89. The molecule has 132 valence electrons. The summed E-state index contributed by atoms with van der Waals surface area (Å²) >= 11 is 0. The molecule has 0 saturated heterocycles. The predicted octanol–water partition coefficient (Wildman–Crippen LogP) is 4.71. The second kappa shape index (κ2) is 6.07. The van der Waals surface area contributed by atoms with Gasteiger partial charge in [-0.15, -0.1) is 0 Å². The van der Waals surface area contributed by atoms with E-state index < -0.39 is 6.10 Å². The first kappa shape index (κ1) is 14.7. The molecule has 3 aromatic heterocycles. The van der Waals surface area contributed by atoms with Gasteiger partial charge in [-0.2, -0.15) is 0 Å². The van der Waals surface area contributed by atoms with Gasteiger partial charge in [-0.1, -0.05) is 0 Å². The standard InChI is InChI=1S/C22H18N4O/c1-13(27)21-11-20-10-18-5-4-16(24-18)8-14-2-3-15(23-14)9-17-6-7-19(25-17)12-22(21)26-20/h2-13,23,26-27H,1H3/i11D. The maximum atomic E-state index is 10.2. The molecule has 1 atom stereocenters. The molecule has 5 heteroatoms. The van der Waals surface area contributed by atoms with E-state index in [4.69, 9.17) is 1.37 Å². The van der Waals surface area contributed by atoms with Gasteiger partial charge in [0.05, 0.1) is 30.3 Å². The van der Waals surface area contributed by atoms with E-state index in [1.165, 1.54) is 0 Å². The van der Waals surface area contributed by atoms with Gasteiger partial charge >= 0.3 is 0 Å². The molecular formula is C22H18N4O. The molecule has 8 bridgehead atoms. The van der Waals surface area contributed by atoms with Crippen molar-refractivity contribution in [3.63, 3.8) is 0 Å². The zero-order valence-electron chi connectivity index (χ0n) is 15.7. The third-order valence-electron chi connectivity index (χ3n) is 4.54. The van der Waals surface area contributed by atoms with Crippen LogP contribution in [0, 0.1) is 0 Å². The number of nitrogens with one attached hydrogen (secondary N) is 2. The van der Waals surface area contributed by atoms with Crippen LogP contribution in [-0.2, 0) is 0 Å². The van der Waals surface area contributed by atoms with E-state index in [0.29, 0.717) is 16.6 Å². The molecule has 0 amide bonds. The average molecular weight is 355 g/mol. The van der Waals surface area contributed by atoms with Crippen molar-refractivity contribution in [2.75, 3.05) is 0 Å². The molecule has 5 heterocycles. The summed E-state index contributed by atoms with van der Waals surface area (Å²) in [6.45, 7) is 1.67. The Bertz CT molecular complexity index is 1310. The minimum atomic E-state index is -0.770. The number of aliphatic hydroxyl groups is 1. The molecule has 0 saturated carbocycles. The SMILES string of the molecule is [2H]c1c(C(C)O)c2cc3nc(cc4ccc(cc5nc(cc1[nH]2)C=C5)[nH]4)C=C3. The fourth-order valence-corrected chi connectivity index (χ4v) is 3.29. The molecule has 27 heavy (non-hydrogen) atoms. The average Bonchev–Trinajstić information content (AvgIpc) is 3.40. The first-order valence-electron chi connectivity index (χ1n) is 9.31. The number of aromatic nitrogens is 4. The highest BCUT2D eigenvalue weighted by atomic mass is 16.3. The number of hydrogen-bond donors (Lipinski definition) is 3. The van der Waals surface area contributed by atoms with Gasteiger partial charge in [0.2, 0.25) is 0 Å². The van der Waals surface area contributed by atoms with E-state index in [9.17, 15) is 5.11 Å². The number of nitrogens with zero attached hydrogens (tertiary/aromatic N) is 2. The van der Waals surface area contributed by atoms with Crippen LogP contribution in [0.5, 0.6) is 0 Å². The summed E-state index contributed by atoms with van der Waals surface area (Å²) in [6, 6.07) is 11.9. The van der Waals surface area contributed by atoms with Crippen LogP contribution in [0.3, 0.4) is 0 Å². The van der Waals surface area contributed by atoms with Gasteiger partial charge in [0.25, 0.3) is 0 Å². The highest BCUT2D eigenvalue weighted by Crippen LogP contribution is 2.23. The topological polar surface area (TPSA) is 77.6 Å². The third kappa shape index (κ3) is 3.09. The summed E-state index contributed by atoms with van der Waals surface area (Å²) in [6.07, 6.45) is 6.95. The number of hydrogen-bond acceptors (Lipinski definition) is 3. The van der Waals surface area contributed by atoms with E-state index in [-0.39, 0.29) is 6.04 Å². The quantitative estimate of drug-likeness (QED) is 0.407. The lowest BCUT2D eigenvalue weighted by Gasteiger charge is -1.99. The Labute approximate surface area is 157 Å². The molecule has 0 fully saturated rings. The number of fused-ring (bicyclic) bond motifs is 8. The van der Waals surface area contributed by atoms with Crippen molar-refractivity contribution in [1.29, 1.82) is 0 Å². The lowest BCUT2D eigenvalue weighted by Crippen LogP contribution is -1.88. The van der Waals surface area contributed by atoms with Crippen molar-refractivity contribution in [2.45, 2.75) is 13.0 Å². The normalized spacial score (nSPS) is 14.4. The van der Waals surface area contributed by atoms with Crippen molar-refractivity contribution in [2.24, 2.45) is 0 Å². The monoisotopic (exact) mass is 355 g/mol. The van der Waals surface area contributed by atoms with Crippen molar-refractivity contribution < 1.29 is 6.48 Å². The van der Waals surface area contributed by atoms with Crippen LogP contribution in [0.15, 0.2) is 42.4 Å². The van der Waals surface area contributed by atoms with E-state index in [0.717, 1.165) is 33.8 Å². The first-order valence-corrected chi connectivity index (χ1v) is 8.81. The van der Waals surface area contributed by atoms with Crippen LogP contribution in [0.25, 0.3) is 46.4 Å². The molecule has 0 radical (unpaired) electrons. The van der Waals surface area contributed by atoms with Crippen molar-refractivity contribution in [3.8, 4) is 0 Å². The van der Waals surface area contributed by atoms with Crippen LogP contribution in [0.1, 0.15) is 42.7 Å². The van der Waals surface area contributed by atoms with Gasteiger partial charge in [-0.25, -0.2) is 9.97 Å². The van der Waals surface area contributed by atoms with Gasteiger partial charge in [-0.3, -0.25) is 0 Å². The smallest absolute Gasteiger partial charge is 0.0782 e. The number of rotatable bonds is 1. The minimum Gasteiger partial charge on any atom is -0.389 e. The second-order valence-corrected chi connectivity index (χ2v) is 6.70. The minimum absolute atomic E-state index is 0.269. The molecule has 5 rings (SSSR count). The molecule has 0 spiro atoms. The summed E-state index contributed by atoms with van der Waals surface area (Å²) < 4.78 is 8.49. The highest BCUT2D eigenvalue weighted by molar-refractivity contribution is 5.78. The molecule has 2 aliphatic rings. The Morgan fingerprint density at radius 3 is 1.89 bits per heavy atom. The molecule has 0 aliphatic carbocycles. The molecular weight excluding hydrogens is 336 g/mol. The third-order valence-corrected chi connectivity index (χ3v) is 4.54. The number of aromatic amines is 2. The van der Waals surface area contributed by atoms with Crippen LogP contribution in [0.4, 0.5) is 0 Å². The fraction of sp³-hybridized carbons (Fsp3) is 0.0909. The van der Waals surface area contributed by atoms with Gasteiger partial charge < -0.3 is 15.1 Å². The summed E-state index contributed by atoms with van der Waals surface area (Å²) in [4.78, 5) is 15.8. The summed E-state index contributed by atoms with van der Waals surface area (Å²) in [5.74, 6) is 0. The lowest BCUT2D eigenvalue weighted by atomic mass is 10.1. The van der Waals surface area contributed by atoms with E-state index in [1.807, 2.05) is 60.7 Å². The molecule has 3 N–H and O–H groups in total. The summed E-state index contributed by atoms with van der Waals surface area (Å²) in [5.41, 5.74) is 6.95. The lowest BCUT2D eigenvalue weighted by molar-refractivity contribution is 0.201. The molecule has 3 aromatic rings. The van der Waals surface area contributed by atoms with Gasteiger partial charge in [0.1, 0.15) is 0 Å². The van der Waals surface area contributed by atoms with Crippen LogP contribution in [0.2, 0.25) is 0 Å². The van der Waals surface area contributed by atoms with Crippen LogP contribution < -0.4 is 0 Å². The summed E-state index contributed by atoms with van der Waals surface area (Å²) in [5, 5.41) is 10.2. The van der Waals surface area contributed by atoms with E-state index in [2.05, 4.69) is 19.9 Å². The van der Waals surface area contributed by atoms with E-state index in [1.54, 1.807) is 6.92 Å². The molecule has 1 unspecified atom stereocenters. The number of aliphatic hydroxyl groups excluding tert-OH is 1. The number of H-pyrrole nitrogens is 2. The zero-order chi connectivity index (χ0) is 19.3. The largest absolute Gasteiger partial charge is 0.389 e. The summed E-state index contributed by atoms with van der Waals surface area (Å²) in [7, 11) is 0. The Hall–Kier alpha value is -3.44. The molecule has 2 aliphatic heterocycles. The van der Waals surface area contributed by atoms with Crippen LogP contribution >= 0.6 is 0 Å². The van der Waals surface area contributed by atoms with Crippen molar-refractivity contribution >= 4 is 46.4 Å². The maximum absolute atomic E-state index is 10.2. The molecule has 0 aromatic carbocycles. The highest BCUT2D eigenvalue weighted by Gasteiger charge is 2.08. The first-order chi connectivity index (χ1) is 13.5. The molecule has 5 nitrogen and oxygen atoms in total. The Kier molecular flexibility index (Phi) is 3.31. The van der Waals surface area contributed by atoms with Gasteiger partial charge in [0.15, 0.2) is 0 Å². The van der Waals surface area contributed by atoms with Gasteiger partial charge in [-0.05, 0) is 73.7 Å². The zero-order valence-corrected chi connectivity index (χ0v) is 14.7. The fourth-order valence-electron chi connectivity index (χ4n) is 3.29. The predicted molar refractivity (Wildman–Crippen MR) is 109 cm³/mol. The van der Waals surface area contributed by atoms with Gasteiger partial charge in [0, 0.05) is 27.6 Å². The second-order valence-electron chi connectivity index (χ2n) is 6.70. The Morgan fingerprint density at radius 2 is 1.33 bits per heavy atom. The van der Waals surface area contributed by atoms with Crippen molar-refractivity contribution in [1.82, 2.24) is 19.9 Å².